The van der Waals surface area contributed by atoms with Crippen molar-refractivity contribution in [2.24, 2.45) is 5.73 Å². The van der Waals surface area contributed by atoms with Gasteiger partial charge in [-0.05, 0) is 32.0 Å². The summed E-state index contributed by atoms with van der Waals surface area (Å²) >= 11 is 1.51. The molecular formula is C8H12FNS. The molecule has 2 N–H and O–H groups in total. The van der Waals surface area contributed by atoms with Gasteiger partial charge in [0.05, 0.1) is 0 Å². The molecule has 1 unspecified atom stereocenters. The second-order valence-corrected chi connectivity index (χ2v) is 3.81. The van der Waals surface area contributed by atoms with Crippen LogP contribution in [0.15, 0.2) is 12.1 Å². The van der Waals surface area contributed by atoms with E-state index in [1.54, 1.807) is 0 Å². The summed E-state index contributed by atoms with van der Waals surface area (Å²) in [6.45, 7) is 2.39. The predicted octanol–water partition coefficient (Wildman–Crippen LogP) is 2.42. The molecule has 11 heavy (non-hydrogen) atoms. The lowest BCUT2D eigenvalue weighted by Crippen LogP contribution is -2.02. The molecule has 0 aliphatic carbocycles. The number of aryl methyl sites for hydroxylation is 1. The molecule has 0 spiro atoms. The summed E-state index contributed by atoms with van der Waals surface area (Å²) in [5, 5.41) is 0. The topological polar surface area (TPSA) is 26.0 Å². The van der Waals surface area contributed by atoms with Gasteiger partial charge in [-0.25, -0.2) is 4.39 Å². The molecule has 1 atom stereocenters. The van der Waals surface area contributed by atoms with Crippen molar-refractivity contribution >= 4 is 11.3 Å². The largest absolute Gasteiger partial charge is 0.330 e. The molecule has 0 radical (unpaired) electrons. The molecule has 0 aliphatic heterocycles. The van der Waals surface area contributed by atoms with E-state index in [9.17, 15) is 4.39 Å². The lowest BCUT2D eigenvalue weighted by atomic mass is 10.2. The average Bonchev–Trinajstić information content (AvgIpc) is 2.36. The van der Waals surface area contributed by atoms with Gasteiger partial charge in [-0.1, -0.05) is 0 Å². The van der Waals surface area contributed by atoms with Gasteiger partial charge in [0, 0.05) is 9.75 Å². The third kappa shape index (κ3) is 2.27. The molecule has 1 rings (SSSR count). The molecule has 1 aromatic heterocycles. The summed E-state index contributed by atoms with van der Waals surface area (Å²) in [5.41, 5.74) is 5.24. The van der Waals surface area contributed by atoms with E-state index in [2.05, 4.69) is 0 Å². The molecule has 0 aliphatic rings. The Morgan fingerprint density at radius 2 is 2.36 bits per heavy atom. The molecule has 0 fully saturated rings. The standard InChI is InChI=1S/C8H12FNS/c1-6-2-3-8(11-6)7(9)4-5-10/h2-3,7H,4-5,10H2,1H3. The summed E-state index contributed by atoms with van der Waals surface area (Å²) < 4.78 is 13.1. The van der Waals surface area contributed by atoms with Crippen molar-refractivity contribution in [3.05, 3.63) is 21.9 Å². The normalized spacial score (nSPS) is 13.4. The van der Waals surface area contributed by atoms with E-state index < -0.39 is 6.17 Å². The van der Waals surface area contributed by atoms with Crippen LogP contribution in [-0.4, -0.2) is 6.54 Å². The van der Waals surface area contributed by atoms with Crippen LogP contribution in [-0.2, 0) is 0 Å². The van der Waals surface area contributed by atoms with Gasteiger partial charge < -0.3 is 5.73 Å². The molecule has 3 heteroatoms. The number of thiophene rings is 1. The first-order chi connectivity index (χ1) is 5.24. The van der Waals surface area contributed by atoms with Crippen LogP contribution in [0.5, 0.6) is 0 Å². The molecule has 0 bridgehead atoms. The summed E-state index contributed by atoms with van der Waals surface area (Å²) in [7, 11) is 0. The van der Waals surface area contributed by atoms with Gasteiger partial charge in [-0.15, -0.1) is 11.3 Å². The van der Waals surface area contributed by atoms with E-state index in [-0.39, 0.29) is 0 Å². The van der Waals surface area contributed by atoms with Gasteiger partial charge in [-0.3, -0.25) is 0 Å². The average molecular weight is 173 g/mol. The summed E-state index contributed by atoms with van der Waals surface area (Å²) in [6, 6.07) is 3.77. The molecule has 1 nitrogen and oxygen atoms in total. The smallest absolute Gasteiger partial charge is 0.135 e. The second kappa shape index (κ2) is 3.83. The first kappa shape index (κ1) is 8.68. The summed E-state index contributed by atoms with van der Waals surface area (Å²) in [4.78, 5) is 1.95. The fraction of sp³-hybridized carbons (Fsp3) is 0.500. The van der Waals surface area contributed by atoms with Gasteiger partial charge in [0.1, 0.15) is 6.17 Å². The molecule has 0 amide bonds. The van der Waals surface area contributed by atoms with Crippen LogP contribution < -0.4 is 5.73 Å². The van der Waals surface area contributed by atoms with Crippen LogP contribution in [0.4, 0.5) is 4.39 Å². The lowest BCUT2D eigenvalue weighted by Gasteiger charge is -2.01. The Kier molecular flexibility index (Phi) is 3.02. The van der Waals surface area contributed by atoms with E-state index in [1.807, 2.05) is 19.1 Å². The van der Waals surface area contributed by atoms with Gasteiger partial charge in [0.15, 0.2) is 0 Å². The van der Waals surface area contributed by atoms with Crippen molar-refractivity contribution < 1.29 is 4.39 Å². The minimum atomic E-state index is -0.862. The Balaban J connectivity index is 2.60. The third-order valence-electron chi connectivity index (χ3n) is 1.49. The maximum atomic E-state index is 13.1. The fourth-order valence-corrected chi connectivity index (χ4v) is 1.80. The Labute approximate surface area is 70.0 Å². The summed E-state index contributed by atoms with van der Waals surface area (Å²) in [5.74, 6) is 0. The number of rotatable bonds is 3. The minimum absolute atomic E-state index is 0.415. The molecule has 0 saturated carbocycles. The van der Waals surface area contributed by atoms with Gasteiger partial charge in [0.25, 0.3) is 0 Å². The van der Waals surface area contributed by atoms with Crippen molar-refractivity contribution in [1.82, 2.24) is 0 Å². The summed E-state index contributed by atoms with van der Waals surface area (Å²) in [6.07, 6.45) is -0.432. The molecule has 0 saturated heterocycles. The van der Waals surface area contributed by atoms with Crippen molar-refractivity contribution in [2.45, 2.75) is 19.5 Å². The highest BCUT2D eigenvalue weighted by Crippen LogP contribution is 2.27. The van der Waals surface area contributed by atoms with Gasteiger partial charge in [-0.2, -0.15) is 0 Å². The first-order valence-electron chi connectivity index (χ1n) is 3.64. The highest BCUT2D eigenvalue weighted by atomic mass is 32.1. The van der Waals surface area contributed by atoms with E-state index >= 15 is 0 Å². The maximum absolute atomic E-state index is 13.1. The zero-order valence-corrected chi connectivity index (χ0v) is 7.33. The van der Waals surface area contributed by atoms with Crippen LogP contribution >= 0.6 is 11.3 Å². The number of hydrogen-bond donors (Lipinski definition) is 1. The lowest BCUT2D eigenvalue weighted by molar-refractivity contribution is 0.333. The number of halogens is 1. The van der Waals surface area contributed by atoms with Crippen molar-refractivity contribution in [2.75, 3.05) is 6.54 Å². The molecule has 1 aromatic rings. The van der Waals surface area contributed by atoms with Gasteiger partial charge in [0.2, 0.25) is 0 Å². The molecule has 1 heterocycles. The van der Waals surface area contributed by atoms with Crippen LogP contribution in [0.3, 0.4) is 0 Å². The Hall–Kier alpha value is -0.410. The van der Waals surface area contributed by atoms with E-state index in [1.165, 1.54) is 11.3 Å². The monoisotopic (exact) mass is 173 g/mol. The molecular weight excluding hydrogens is 161 g/mol. The van der Waals surface area contributed by atoms with Crippen LogP contribution in [0, 0.1) is 6.92 Å². The maximum Gasteiger partial charge on any atom is 0.135 e. The Morgan fingerprint density at radius 3 is 2.82 bits per heavy atom. The van der Waals surface area contributed by atoms with E-state index in [0.29, 0.717) is 13.0 Å². The van der Waals surface area contributed by atoms with Crippen LogP contribution in [0.2, 0.25) is 0 Å². The van der Waals surface area contributed by atoms with E-state index in [0.717, 1.165) is 9.75 Å². The zero-order valence-electron chi connectivity index (χ0n) is 6.51. The number of alkyl halides is 1. The number of nitrogens with two attached hydrogens (primary N) is 1. The van der Waals surface area contributed by atoms with Crippen LogP contribution in [0.25, 0.3) is 0 Å². The predicted molar refractivity (Wildman–Crippen MR) is 46.6 cm³/mol. The Bertz CT molecular complexity index is 222. The molecule has 0 aromatic carbocycles. The first-order valence-corrected chi connectivity index (χ1v) is 4.46. The minimum Gasteiger partial charge on any atom is -0.330 e. The van der Waals surface area contributed by atoms with Crippen molar-refractivity contribution in [3.8, 4) is 0 Å². The third-order valence-corrected chi connectivity index (χ3v) is 2.58. The second-order valence-electron chi connectivity index (χ2n) is 2.49. The quantitative estimate of drug-likeness (QED) is 0.746. The van der Waals surface area contributed by atoms with Crippen molar-refractivity contribution in [1.29, 1.82) is 0 Å². The number of hydrogen-bond acceptors (Lipinski definition) is 2. The van der Waals surface area contributed by atoms with E-state index in [4.69, 9.17) is 5.73 Å². The Morgan fingerprint density at radius 1 is 1.64 bits per heavy atom. The van der Waals surface area contributed by atoms with Crippen LogP contribution in [0.1, 0.15) is 22.3 Å². The van der Waals surface area contributed by atoms with Gasteiger partial charge >= 0.3 is 0 Å². The fourth-order valence-electron chi connectivity index (χ4n) is 0.910. The molecule has 62 valence electrons. The highest BCUT2D eigenvalue weighted by Gasteiger charge is 2.09. The SMILES string of the molecule is Cc1ccc(C(F)CCN)s1. The van der Waals surface area contributed by atoms with Crippen molar-refractivity contribution in [3.63, 3.8) is 0 Å². The highest BCUT2D eigenvalue weighted by molar-refractivity contribution is 7.12. The zero-order chi connectivity index (χ0) is 8.27.